The van der Waals surface area contributed by atoms with Gasteiger partial charge in [0.05, 0.1) is 12.8 Å². The standard InChI is InChI=1S/C20H24N2O3/c1-13(15-8-9-20(24-3)18(11-15)22-14(2)23)21-12-17-10-16-6-4-5-7-19(16)25-17/h4-9,11,13,17,21H,10,12H2,1-3H3,(H,22,23)/t13-,17+/m1/s1. The fraction of sp³-hybridized carbons (Fsp3) is 0.350. The topological polar surface area (TPSA) is 59.6 Å². The third-order valence-electron chi connectivity index (χ3n) is 4.40. The van der Waals surface area contributed by atoms with Crippen molar-refractivity contribution in [2.24, 2.45) is 0 Å². The molecule has 3 rings (SSSR count). The van der Waals surface area contributed by atoms with Gasteiger partial charge in [-0.25, -0.2) is 0 Å². The highest BCUT2D eigenvalue weighted by atomic mass is 16.5. The van der Waals surface area contributed by atoms with Crippen LogP contribution in [0.25, 0.3) is 0 Å². The number of amides is 1. The number of rotatable bonds is 6. The number of benzene rings is 2. The highest BCUT2D eigenvalue weighted by Gasteiger charge is 2.22. The van der Waals surface area contributed by atoms with Gasteiger partial charge >= 0.3 is 0 Å². The lowest BCUT2D eigenvalue weighted by atomic mass is 10.1. The lowest BCUT2D eigenvalue weighted by Crippen LogP contribution is -2.31. The Labute approximate surface area is 148 Å². The molecule has 1 amide bonds. The van der Waals surface area contributed by atoms with Gasteiger partial charge in [0, 0.05) is 25.9 Å². The minimum absolute atomic E-state index is 0.117. The second-order valence-electron chi connectivity index (χ2n) is 6.32. The second kappa shape index (κ2) is 7.57. The number of carbonyl (C=O) groups is 1. The molecular formula is C20H24N2O3. The summed E-state index contributed by atoms with van der Waals surface area (Å²) in [6, 6.07) is 14.1. The van der Waals surface area contributed by atoms with Crippen LogP contribution < -0.4 is 20.1 Å². The molecule has 0 saturated carbocycles. The second-order valence-corrected chi connectivity index (χ2v) is 6.32. The monoisotopic (exact) mass is 340 g/mol. The molecule has 0 aromatic heterocycles. The number of methoxy groups -OCH3 is 1. The first-order valence-electron chi connectivity index (χ1n) is 8.50. The van der Waals surface area contributed by atoms with Crippen LogP contribution in [0.4, 0.5) is 5.69 Å². The maximum Gasteiger partial charge on any atom is 0.221 e. The van der Waals surface area contributed by atoms with Gasteiger partial charge in [-0.1, -0.05) is 24.3 Å². The van der Waals surface area contributed by atoms with Crippen molar-refractivity contribution in [2.75, 3.05) is 19.0 Å². The molecule has 0 bridgehead atoms. The summed E-state index contributed by atoms with van der Waals surface area (Å²) < 4.78 is 11.3. The zero-order chi connectivity index (χ0) is 17.8. The predicted molar refractivity (Wildman–Crippen MR) is 98.3 cm³/mol. The number of hydrogen-bond acceptors (Lipinski definition) is 4. The molecule has 2 aromatic carbocycles. The molecular weight excluding hydrogens is 316 g/mol. The van der Waals surface area contributed by atoms with Gasteiger partial charge in [0.15, 0.2) is 0 Å². The van der Waals surface area contributed by atoms with E-state index in [0.717, 1.165) is 24.3 Å². The van der Waals surface area contributed by atoms with Crippen LogP contribution in [-0.4, -0.2) is 25.7 Å². The summed E-state index contributed by atoms with van der Waals surface area (Å²) in [5.74, 6) is 1.52. The summed E-state index contributed by atoms with van der Waals surface area (Å²) in [7, 11) is 1.59. The molecule has 5 heteroatoms. The number of carbonyl (C=O) groups excluding carboxylic acids is 1. The van der Waals surface area contributed by atoms with Crippen LogP contribution in [-0.2, 0) is 11.2 Å². The van der Waals surface area contributed by atoms with Gasteiger partial charge in [-0.05, 0) is 36.2 Å². The molecule has 2 atom stereocenters. The van der Waals surface area contributed by atoms with Crippen molar-refractivity contribution >= 4 is 11.6 Å². The summed E-state index contributed by atoms with van der Waals surface area (Å²) in [5, 5.41) is 6.33. The van der Waals surface area contributed by atoms with Gasteiger partial charge < -0.3 is 20.1 Å². The van der Waals surface area contributed by atoms with Crippen LogP contribution in [0.5, 0.6) is 11.5 Å². The SMILES string of the molecule is COc1ccc([C@@H](C)NC[C@@H]2Cc3ccccc3O2)cc1NC(C)=O. The molecule has 1 aliphatic rings. The van der Waals surface area contributed by atoms with E-state index in [2.05, 4.69) is 23.6 Å². The molecule has 0 saturated heterocycles. The lowest BCUT2D eigenvalue weighted by molar-refractivity contribution is -0.114. The normalized spacial score (nSPS) is 16.7. The summed E-state index contributed by atoms with van der Waals surface area (Å²) in [4.78, 5) is 11.4. The Morgan fingerprint density at radius 3 is 2.84 bits per heavy atom. The smallest absolute Gasteiger partial charge is 0.221 e. The zero-order valence-electron chi connectivity index (χ0n) is 14.8. The third-order valence-corrected chi connectivity index (χ3v) is 4.40. The van der Waals surface area contributed by atoms with Gasteiger partial charge in [-0.3, -0.25) is 4.79 Å². The summed E-state index contributed by atoms with van der Waals surface area (Å²) in [5.41, 5.74) is 3.03. The first-order chi connectivity index (χ1) is 12.1. The van der Waals surface area contributed by atoms with E-state index >= 15 is 0 Å². The number of ether oxygens (including phenoxy) is 2. The lowest BCUT2D eigenvalue weighted by Gasteiger charge is -2.19. The number of hydrogen-bond donors (Lipinski definition) is 2. The Morgan fingerprint density at radius 1 is 1.32 bits per heavy atom. The van der Waals surface area contributed by atoms with Crippen LogP contribution in [0.2, 0.25) is 0 Å². The Kier molecular flexibility index (Phi) is 5.24. The third kappa shape index (κ3) is 4.12. The Morgan fingerprint density at radius 2 is 2.12 bits per heavy atom. The average Bonchev–Trinajstić information content (AvgIpc) is 3.02. The van der Waals surface area contributed by atoms with Crippen molar-refractivity contribution < 1.29 is 14.3 Å². The molecule has 2 N–H and O–H groups in total. The van der Waals surface area contributed by atoms with Crippen molar-refractivity contribution in [1.82, 2.24) is 5.32 Å². The van der Waals surface area contributed by atoms with Crippen molar-refractivity contribution in [1.29, 1.82) is 0 Å². The fourth-order valence-corrected chi connectivity index (χ4v) is 3.08. The number of nitrogens with one attached hydrogen (secondary N) is 2. The minimum atomic E-state index is -0.117. The van der Waals surface area contributed by atoms with E-state index in [4.69, 9.17) is 9.47 Å². The molecule has 0 spiro atoms. The van der Waals surface area contributed by atoms with E-state index in [0.29, 0.717) is 11.4 Å². The molecule has 0 fully saturated rings. The highest BCUT2D eigenvalue weighted by Crippen LogP contribution is 2.30. The van der Waals surface area contributed by atoms with Crippen LogP contribution in [0.1, 0.15) is 31.0 Å². The Hall–Kier alpha value is -2.53. The van der Waals surface area contributed by atoms with Gasteiger partial charge in [-0.15, -0.1) is 0 Å². The van der Waals surface area contributed by atoms with Crippen molar-refractivity contribution in [3.63, 3.8) is 0 Å². The molecule has 25 heavy (non-hydrogen) atoms. The largest absolute Gasteiger partial charge is 0.495 e. The van der Waals surface area contributed by atoms with E-state index < -0.39 is 0 Å². The number of anilines is 1. The molecule has 5 nitrogen and oxygen atoms in total. The number of para-hydroxylation sites is 1. The maximum atomic E-state index is 11.4. The van der Waals surface area contributed by atoms with Crippen LogP contribution >= 0.6 is 0 Å². The predicted octanol–water partition coefficient (Wildman–Crippen LogP) is 3.31. The summed E-state index contributed by atoms with van der Waals surface area (Å²) in [6.45, 7) is 4.35. The summed E-state index contributed by atoms with van der Waals surface area (Å²) >= 11 is 0. The minimum Gasteiger partial charge on any atom is -0.495 e. The molecule has 2 aromatic rings. The van der Waals surface area contributed by atoms with E-state index in [9.17, 15) is 4.79 Å². The van der Waals surface area contributed by atoms with Crippen LogP contribution in [0.3, 0.4) is 0 Å². The zero-order valence-corrected chi connectivity index (χ0v) is 14.8. The molecule has 0 radical (unpaired) electrons. The first kappa shape index (κ1) is 17.3. The van der Waals surface area contributed by atoms with E-state index in [-0.39, 0.29) is 18.1 Å². The molecule has 0 aliphatic carbocycles. The Balaban J connectivity index is 1.62. The van der Waals surface area contributed by atoms with Crippen LogP contribution in [0.15, 0.2) is 42.5 Å². The average molecular weight is 340 g/mol. The molecule has 1 heterocycles. The van der Waals surface area contributed by atoms with Gasteiger partial charge in [0.1, 0.15) is 17.6 Å². The fourth-order valence-electron chi connectivity index (χ4n) is 3.08. The quantitative estimate of drug-likeness (QED) is 0.847. The number of fused-ring (bicyclic) bond motifs is 1. The van der Waals surface area contributed by atoms with E-state index in [1.807, 2.05) is 36.4 Å². The first-order valence-corrected chi connectivity index (χ1v) is 8.50. The van der Waals surface area contributed by atoms with E-state index in [1.165, 1.54) is 12.5 Å². The van der Waals surface area contributed by atoms with E-state index in [1.54, 1.807) is 7.11 Å². The van der Waals surface area contributed by atoms with Crippen molar-refractivity contribution in [3.8, 4) is 11.5 Å². The van der Waals surface area contributed by atoms with Crippen LogP contribution in [0, 0.1) is 0 Å². The highest BCUT2D eigenvalue weighted by molar-refractivity contribution is 5.90. The molecule has 0 unspecified atom stereocenters. The van der Waals surface area contributed by atoms with Gasteiger partial charge in [0.25, 0.3) is 0 Å². The molecule has 1 aliphatic heterocycles. The van der Waals surface area contributed by atoms with Crippen molar-refractivity contribution in [3.05, 3.63) is 53.6 Å². The Bertz CT molecular complexity index is 735. The summed E-state index contributed by atoms with van der Waals surface area (Å²) in [6.07, 6.45) is 1.07. The van der Waals surface area contributed by atoms with Gasteiger partial charge in [-0.2, -0.15) is 0 Å². The molecule has 132 valence electrons. The van der Waals surface area contributed by atoms with Crippen molar-refractivity contribution in [2.45, 2.75) is 32.4 Å². The maximum absolute atomic E-state index is 11.4. The van der Waals surface area contributed by atoms with Gasteiger partial charge in [0.2, 0.25) is 5.91 Å².